The number of benzene rings is 2. The molecule has 0 atom stereocenters. The summed E-state index contributed by atoms with van der Waals surface area (Å²) in [7, 11) is 0. The van der Waals surface area contributed by atoms with E-state index >= 15 is 0 Å². The number of carbonyl (C=O) groups excluding carboxylic acids is 1. The third kappa shape index (κ3) is 5.57. The molecule has 0 saturated heterocycles. The van der Waals surface area contributed by atoms with Crippen LogP contribution in [0.2, 0.25) is 5.02 Å². The Bertz CT molecular complexity index is 1510. The van der Waals surface area contributed by atoms with Gasteiger partial charge in [0.25, 0.3) is 0 Å². The summed E-state index contributed by atoms with van der Waals surface area (Å²) >= 11 is 7.78. The van der Waals surface area contributed by atoms with Crippen molar-refractivity contribution in [1.82, 2.24) is 4.90 Å². The lowest BCUT2D eigenvalue weighted by atomic mass is 10.0. The summed E-state index contributed by atoms with van der Waals surface area (Å²) in [4.78, 5) is 32.4. The summed E-state index contributed by atoms with van der Waals surface area (Å²) in [5.74, 6) is -0.548. The van der Waals surface area contributed by atoms with Gasteiger partial charge in [-0.3, -0.25) is 4.90 Å². The summed E-state index contributed by atoms with van der Waals surface area (Å²) in [5, 5.41) is 10.3. The number of rotatable bonds is 8. The summed E-state index contributed by atoms with van der Waals surface area (Å²) in [6, 6.07) is 18.2. The number of carboxylic acids is 1. The fourth-order valence-corrected chi connectivity index (χ4v) is 5.89. The van der Waals surface area contributed by atoms with E-state index < -0.39 is 5.97 Å². The SMILES string of the molecule is CCOC(=O)c1c(N=Cc2ccc(-c3cc(C(=O)O)ccc3Cl)o2)sc2c1CCN(Cc1ccccc1)C2. The molecular formula is C29H25ClN2O5S. The number of carboxylic acid groups (broad SMARTS) is 1. The van der Waals surface area contributed by atoms with E-state index in [0.29, 0.717) is 32.7 Å². The Morgan fingerprint density at radius 2 is 2.00 bits per heavy atom. The maximum absolute atomic E-state index is 12.9. The van der Waals surface area contributed by atoms with Gasteiger partial charge >= 0.3 is 11.9 Å². The van der Waals surface area contributed by atoms with Gasteiger partial charge in [0.05, 0.1) is 29.0 Å². The predicted octanol–water partition coefficient (Wildman–Crippen LogP) is 6.85. The highest BCUT2D eigenvalue weighted by molar-refractivity contribution is 7.16. The summed E-state index contributed by atoms with van der Waals surface area (Å²) < 4.78 is 11.3. The molecule has 3 heterocycles. The van der Waals surface area contributed by atoms with Crippen molar-refractivity contribution < 1.29 is 23.8 Å². The average Bonchev–Trinajstić information content (AvgIpc) is 3.52. The molecule has 0 spiro atoms. The Morgan fingerprint density at radius 3 is 2.76 bits per heavy atom. The molecule has 4 aromatic rings. The molecule has 194 valence electrons. The number of ether oxygens (including phenoxy) is 1. The third-order valence-electron chi connectivity index (χ3n) is 6.26. The second-order valence-corrected chi connectivity index (χ2v) is 10.3. The smallest absolute Gasteiger partial charge is 0.341 e. The number of hydrogen-bond donors (Lipinski definition) is 1. The number of halogens is 1. The molecule has 0 unspecified atom stereocenters. The minimum Gasteiger partial charge on any atom is -0.478 e. The molecular weight excluding hydrogens is 524 g/mol. The second kappa shape index (κ2) is 11.3. The van der Waals surface area contributed by atoms with Crippen molar-refractivity contribution in [3.05, 3.63) is 98.6 Å². The van der Waals surface area contributed by atoms with Gasteiger partial charge in [-0.1, -0.05) is 41.9 Å². The maximum Gasteiger partial charge on any atom is 0.341 e. The maximum atomic E-state index is 12.9. The van der Waals surface area contributed by atoms with Crippen LogP contribution in [0.5, 0.6) is 0 Å². The van der Waals surface area contributed by atoms with Crippen LogP contribution in [-0.4, -0.2) is 41.3 Å². The first-order valence-electron chi connectivity index (χ1n) is 12.2. The standard InChI is InChI=1S/C29H25ClN2O5S/c1-2-36-29(35)26-21-12-13-32(16-18-6-4-3-5-7-18)17-25(21)38-27(26)31-15-20-9-11-24(37-20)22-14-19(28(33)34)8-10-23(22)30/h3-11,14-15H,2,12-13,16-17H2,1H3,(H,33,34). The van der Waals surface area contributed by atoms with E-state index in [1.165, 1.54) is 35.1 Å². The van der Waals surface area contributed by atoms with E-state index in [-0.39, 0.29) is 18.1 Å². The van der Waals surface area contributed by atoms with Crippen LogP contribution in [0.3, 0.4) is 0 Å². The van der Waals surface area contributed by atoms with Gasteiger partial charge in [-0.15, -0.1) is 11.3 Å². The summed E-state index contributed by atoms with van der Waals surface area (Å²) in [5.41, 5.74) is 3.36. The van der Waals surface area contributed by atoms with E-state index in [2.05, 4.69) is 22.0 Å². The van der Waals surface area contributed by atoms with Crippen LogP contribution in [-0.2, 0) is 24.2 Å². The molecule has 9 heteroatoms. The molecule has 7 nitrogen and oxygen atoms in total. The Morgan fingerprint density at radius 1 is 1.18 bits per heavy atom. The molecule has 2 aromatic carbocycles. The van der Waals surface area contributed by atoms with Crippen LogP contribution in [0.1, 0.15) is 49.4 Å². The van der Waals surface area contributed by atoms with Crippen LogP contribution in [0.4, 0.5) is 5.00 Å². The van der Waals surface area contributed by atoms with Crippen LogP contribution >= 0.6 is 22.9 Å². The topological polar surface area (TPSA) is 92.3 Å². The van der Waals surface area contributed by atoms with E-state index in [1.807, 2.05) is 18.2 Å². The van der Waals surface area contributed by atoms with Crippen molar-refractivity contribution in [3.63, 3.8) is 0 Å². The highest BCUT2D eigenvalue weighted by atomic mass is 35.5. The van der Waals surface area contributed by atoms with Crippen LogP contribution < -0.4 is 0 Å². The van der Waals surface area contributed by atoms with Gasteiger partial charge < -0.3 is 14.3 Å². The number of carbonyl (C=O) groups is 2. The highest BCUT2D eigenvalue weighted by Gasteiger charge is 2.28. The molecule has 38 heavy (non-hydrogen) atoms. The quantitative estimate of drug-likeness (QED) is 0.191. The second-order valence-electron chi connectivity index (χ2n) is 8.81. The first-order valence-corrected chi connectivity index (χ1v) is 13.4. The largest absolute Gasteiger partial charge is 0.478 e. The van der Waals surface area contributed by atoms with Crippen molar-refractivity contribution in [2.45, 2.75) is 26.4 Å². The number of aliphatic imine (C=N–C) groups is 1. The first-order chi connectivity index (χ1) is 18.4. The molecule has 5 rings (SSSR count). The summed E-state index contributed by atoms with van der Waals surface area (Å²) in [6.45, 7) is 4.49. The van der Waals surface area contributed by atoms with Crippen molar-refractivity contribution in [3.8, 4) is 11.3 Å². The zero-order valence-corrected chi connectivity index (χ0v) is 22.2. The minimum atomic E-state index is -1.05. The lowest BCUT2D eigenvalue weighted by Gasteiger charge is -2.27. The molecule has 0 saturated carbocycles. The van der Waals surface area contributed by atoms with Crippen LogP contribution in [0.15, 0.2) is 70.1 Å². The number of furan rings is 1. The minimum absolute atomic E-state index is 0.112. The van der Waals surface area contributed by atoms with E-state index in [0.717, 1.165) is 36.5 Å². The van der Waals surface area contributed by atoms with Gasteiger partial charge in [0, 0.05) is 30.1 Å². The van der Waals surface area contributed by atoms with Gasteiger partial charge in [-0.25, -0.2) is 14.6 Å². The van der Waals surface area contributed by atoms with E-state index in [4.69, 9.17) is 20.8 Å². The fourth-order valence-electron chi connectivity index (χ4n) is 4.46. The van der Waals surface area contributed by atoms with Crippen molar-refractivity contribution >= 4 is 46.1 Å². The van der Waals surface area contributed by atoms with Gasteiger partial charge in [0.2, 0.25) is 0 Å². The third-order valence-corrected chi connectivity index (χ3v) is 7.71. The lowest BCUT2D eigenvalue weighted by molar-refractivity contribution is 0.0525. The van der Waals surface area contributed by atoms with E-state index in [1.54, 1.807) is 25.3 Å². The van der Waals surface area contributed by atoms with E-state index in [9.17, 15) is 14.7 Å². The molecule has 1 aliphatic rings. The number of nitrogens with zero attached hydrogens (tertiary/aromatic N) is 2. The molecule has 0 aliphatic carbocycles. The lowest BCUT2D eigenvalue weighted by Crippen LogP contribution is -2.29. The summed E-state index contributed by atoms with van der Waals surface area (Å²) in [6.07, 6.45) is 2.30. The van der Waals surface area contributed by atoms with Gasteiger partial charge in [-0.2, -0.15) is 0 Å². The number of fused-ring (bicyclic) bond motifs is 1. The zero-order chi connectivity index (χ0) is 26.6. The monoisotopic (exact) mass is 548 g/mol. The fraction of sp³-hybridized carbons (Fsp3) is 0.207. The average molecular weight is 549 g/mol. The molecule has 0 radical (unpaired) electrons. The molecule has 1 N–H and O–H groups in total. The predicted molar refractivity (Wildman–Crippen MR) is 148 cm³/mol. The number of thiophene rings is 1. The van der Waals surface area contributed by atoms with Gasteiger partial charge in [0.1, 0.15) is 16.5 Å². The number of aromatic carboxylic acids is 1. The zero-order valence-electron chi connectivity index (χ0n) is 20.6. The molecule has 0 bridgehead atoms. The van der Waals surface area contributed by atoms with Crippen molar-refractivity contribution in [2.24, 2.45) is 4.99 Å². The van der Waals surface area contributed by atoms with Crippen molar-refractivity contribution in [1.29, 1.82) is 0 Å². The highest BCUT2D eigenvalue weighted by Crippen LogP contribution is 2.40. The number of esters is 1. The van der Waals surface area contributed by atoms with Gasteiger partial charge in [-0.05, 0) is 54.8 Å². The first kappa shape index (κ1) is 25.9. The molecule has 0 fully saturated rings. The van der Waals surface area contributed by atoms with Crippen molar-refractivity contribution in [2.75, 3.05) is 13.2 Å². The Balaban J connectivity index is 1.41. The molecule has 1 aliphatic heterocycles. The Labute approximate surface area is 229 Å². The molecule has 2 aromatic heterocycles. The molecule has 0 amide bonds. The van der Waals surface area contributed by atoms with Crippen LogP contribution in [0.25, 0.3) is 11.3 Å². The Kier molecular flexibility index (Phi) is 7.74. The Hall–Kier alpha value is -3.72. The number of hydrogen-bond acceptors (Lipinski definition) is 7. The normalized spacial score (nSPS) is 13.5. The van der Waals surface area contributed by atoms with Gasteiger partial charge in [0.15, 0.2) is 0 Å². The van der Waals surface area contributed by atoms with Crippen LogP contribution in [0, 0.1) is 0 Å².